The maximum atomic E-state index is 12.9. The van der Waals surface area contributed by atoms with E-state index in [1.807, 2.05) is 36.1 Å². The Labute approximate surface area is 140 Å². The fourth-order valence-electron chi connectivity index (χ4n) is 3.40. The lowest BCUT2D eigenvalue weighted by Gasteiger charge is -2.32. The summed E-state index contributed by atoms with van der Waals surface area (Å²) in [6.45, 7) is 3.41. The molecule has 6 heteroatoms. The monoisotopic (exact) mass is 321 g/mol. The van der Waals surface area contributed by atoms with Crippen LogP contribution in [0.25, 0.3) is 11.0 Å². The minimum Gasteiger partial charge on any atom is -0.342 e. The van der Waals surface area contributed by atoms with Gasteiger partial charge in [0.15, 0.2) is 0 Å². The second-order valence-corrected chi connectivity index (χ2v) is 6.28. The van der Waals surface area contributed by atoms with E-state index in [9.17, 15) is 4.79 Å². The van der Waals surface area contributed by atoms with Crippen molar-refractivity contribution in [2.75, 3.05) is 13.1 Å². The van der Waals surface area contributed by atoms with E-state index >= 15 is 0 Å². The van der Waals surface area contributed by atoms with Crippen molar-refractivity contribution in [1.82, 2.24) is 24.8 Å². The molecule has 1 aliphatic rings. The van der Waals surface area contributed by atoms with Gasteiger partial charge in [-0.25, -0.2) is 15.0 Å². The number of aromatic nitrogens is 4. The van der Waals surface area contributed by atoms with E-state index < -0.39 is 0 Å². The zero-order valence-electron chi connectivity index (χ0n) is 13.6. The predicted octanol–water partition coefficient (Wildman–Crippen LogP) is 2.68. The number of fused-ring (bicyclic) bond motifs is 1. The molecule has 122 valence electrons. The van der Waals surface area contributed by atoms with Gasteiger partial charge in [-0.15, -0.1) is 0 Å². The first-order valence-corrected chi connectivity index (χ1v) is 8.22. The third-order valence-electron chi connectivity index (χ3n) is 4.58. The number of nitrogens with one attached hydrogen (secondary N) is 1. The summed E-state index contributed by atoms with van der Waals surface area (Å²) in [6.07, 6.45) is 5.38. The third-order valence-corrected chi connectivity index (χ3v) is 4.58. The van der Waals surface area contributed by atoms with Gasteiger partial charge in [-0.1, -0.05) is 0 Å². The van der Waals surface area contributed by atoms with Gasteiger partial charge in [0.1, 0.15) is 12.2 Å². The van der Waals surface area contributed by atoms with Gasteiger partial charge in [0.05, 0.1) is 11.0 Å². The number of H-pyrrole nitrogens is 1. The number of hydrogen-bond acceptors (Lipinski definition) is 4. The summed E-state index contributed by atoms with van der Waals surface area (Å²) < 4.78 is 0. The van der Waals surface area contributed by atoms with E-state index in [4.69, 9.17) is 0 Å². The summed E-state index contributed by atoms with van der Waals surface area (Å²) in [6, 6.07) is 7.60. The average molecular weight is 321 g/mol. The molecule has 1 aliphatic heterocycles. The van der Waals surface area contributed by atoms with E-state index in [1.54, 1.807) is 12.5 Å². The minimum atomic E-state index is 0.0721. The van der Waals surface area contributed by atoms with Gasteiger partial charge in [-0.2, -0.15) is 0 Å². The standard InChI is InChI=1S/C18H19N5O/c1-12-21-16-5-4-13(9-17(16)22-12)18(24)23-8-2-3-14(10-23)15-6-7-19-11-20-15/h4-7,9,11,14H,2-3,8,10H2,1H3,(H,21,22). The lowest BCUT2D eigenvalue weighted by atomic mass is 9.94. The van der Waals surface area contributed by atoms with Crippen LogP contribution in [0.1, 0.15) is 40.6 Å². The number of carbonyl (C=O) groups is 1. The van der Waals surface area contributed by atoms with Crippen molar-refractivity contribution in [3.05, 3.63) is 53.9 Å². The number of nitrogens with zero attached hydrogens (tertiary/aromatic N) is 4. The van der Waals surface area contributed by atoms with Crippen molar-refractivity contribution in [1.29, 1.82) is 0 Å². The smallest absolute Gasteiger partial charge is 0.253 e. The maximum Gasteiger partial charge on any atom is 0.253 e. The molecule has 4 rings (SSSR count). The van der Waals surface area contributed by atoms with Crippen molar-refractivity contribution in [2.24, 2.45) is 0 Å². The van der Waals surface area contributed by atoms with Gasteiger partial charge in [-0.3, -0.25) is 4.79 Å². The third kappa shape index (κ3) is 2.75. The van der Waals surface area contributed by atoms with Crippen LogP contribution in [0.3, 0.4) is 0 Å². The van der Waals surface area contributed by atoms with Crippen LogP contribution in [0.5, 0.6) is 0 Å². The van der Waals surface area contributed by atoms with Crippen LogP contribution in [0, 0.1) is 6.92 Å². The molecular formula is C18H19N5O. The highest BCUT2D eigenvalue weighted by Crippen LogP contribution is 2.26. The first-order chi connectivity index (χ1) is 11.7. The Morgan fingerprint density at radius 1 is 1.33 bits per heavy atom. The van der Waals surface area contributed by atoms with Crippen LogP contribution in [0.2, 0.25) is 0 Å². The molecular weight excluding hydrogens is 302 g/mol. The number of rotatable bonds is 2. The molecule has 1 fully saturated rings. The molecule has 6 nitrogen and oxygen atoms in total. The molecule has 3 aromatic rings. The molecule has 1 unspecified atom stereocenters. The van der Waals surface area contributed by atoms with Gasteiger partial charge in [-0.05, 0) is 44.0 Å². The van der Waals surface area contributed by atoms with Crippen molar-refractivity contribution in [3.63, 3.8) is 0 Å². The Balaban J connectivity index is 1.56. The Morgan fingerprint density at radius 2 is 2.25 bits per heavy atom. The quantitative estimate of drug-likeness (QED) is 0.787. The van der Waals surface area contributed by atoms with Crippen LogP contribution in [0.15, 0.2) is 36.8 Å². The molecule has 1 atom stereocenters. The van der Waals surface area contributed by atoms with Gasteiger partial charge in [0.25, 0.3) is 5.91 Å². The highest BCUT2D eigenvalue weighted by atomic mass is 16.2. The summed E-state index contributed by atoms with van der Waals surface area (Å²) in [7, 11) is 0. The van der Waals surface area contributed by atoms with Crippen molar-refractivity contribution in [2.45, 2.75) is 25.7 Å². The number of benzene rings is 1. The normalized spacial score (nSPS) is 18.0. The molecule has 3 heterocycles. The van der Waals surface area contributed by atoms with Gasteiger partial charge in [0, 0.05) is 36.5 Å². The van der Waals surface area contributed by atoms with Crippen molar-refractivity contribution >= 4 is 16.9 Å². The van der Waals surface area contributed by atoms with E-state index in [0.29, 0.717) is 12.1 Å². The predicted molar refractivity (Wildman–Crippen MR) is 90.7 cm³/mol. The number of likely N-dealkylation sites (tertiary alicyclic amines) is 1. The number of hydrogen-bond donors (Lipinski definition) is 1. The van der Waals surface area contributed by atoms with Crippen LogP contribution in [0.4, 0.5) is 0 Å². The van der Waals surface area contributed by atoms with Crippen molar-refractivity contribution < 1.29 is 4.79 Å². The Morgan fingerprint density at radius 3 is 3.08 bits per heavy atom. The fourth-order valence-corrected chi connectivity index (χ4v) is 3.40. The Hall–Kier alpha value is -2.76. The number of piperidine rings is 1. The SMILES string of the molecule is Cc1nc2ccc(C(=O)N3CCCC(c4ccncn4)C3)cc2[nH]1. The van der Waals surface area contributed by atoms with E-state index in [-0.39, 0.29) is 11.8 Å². The molecule has 1 N–H and O–H groups in total. The summed E-state index contributed by atoms with van der Waals surface area (Å²) in [5, 5.41) is 0. The molecule has 2 aromatic heterocycles. The molecule has 0 saturated carbocycles. The highest BCUT2D eigenvalue weighted by Gasteiger charge is 2.26. The van der Waals surface area contributed by atoms with Gasteiger partial charge >= 0.3 is 0 Å². The highest BCUT2D eigenvalue weighted by molar-refractivity contribution is 5.97. The number of imidazole rings is 1. The Kier molecular flexibility index (Phi) is 3.72. The average Bonchev–Trinajstić information content (AvgIpc) is 3.01. The number of aryl methyl sites for hydroxylation is 1. The number of carbonyl (C=O) groups excluding carboxylic acids is 1. The zero-order valence-corrected chi connectivity index (χ0v) is 13.6. The topological polar surface area (TPSA) is 74.8 Å². The van der Waals surface area contributed by atoms with E-state index in [1.165, 1.54) is 0 Å². The molecule has 24 heavy (non-hydrogen) atoms. The molecule has 1 aromatic carbocycles. The van der Waals surface area contributed by atoms with E-state index in [0.717, 1.165) is 41.9 Å². The summed E-state index contributed by atoms with van der Waals surface area (Å²) >= 11 is 0. The summed E-state index contributed by atoms with van der Waals surface area (Å²) in [4.78, 5) is 30.7. The van der Waals surface area contributed by atoms with Crippen LogP contribution in [-0.2, 0) is 0 Å². The molecule has 0 aliphatic carbocycles. The molecule has 0 radical (unpaired) electrons. The minimum absolute atomic E-state index is 0.0721. The number of aromatic amines is 1. The zero-order chi connectivity index (χ0) is 16.5. The number of amides is 1. The first kappa shape index (κ1) is 14.8. The van der Waals surface area contributed by atoms with Crippen LogP contribution in [-0.4, -0.2) is 43.8 Å². The second kappa shape index (κ2) is 6.03. The van der Waals surface area contributed by atoms with Gasteiger partial charge < -0.3 is 9.88 Å². The Bertz CT molecular complexity index is 874. The summed E-state index contributed by atoms with van der Waals surface area (Å²) in [5.74, 6) is 1.21. The first-order valence-electron chi connectivity index (χ1n) is 8.22. The van der Waals surface area contributed by atoms with Crippen LogP contribution < -0.4 is 0 Å². The largest absolute Gasteiger partial charge is 0.342 e. The van der Waals surface area contributed by atoms with Crippen LogP contribution >= 0.6 is 0 Å². The molecule has 0 spiro atoms. The lowest BCUT2D eigenvalue weighted by Crippen LogP contribution is -2.39. The lowest BCUT2D eigenvalue weighted by molar-refractivity contribution is 0.0706. The molecule has 0 bridgehead atoms. The maximum absolute atomic E-state index is 12.9. The molecule has 1 amide bonds. The van der Waals surface area contributed by atoms with E-state index in [2.05, 4.69) is 19.9 Å². The fraction of sp³-hybridized carbons (Fsp3) is 0.333. The second-order valence-electron chi connectivity index (χ2n) is 6.28. The summed E-state index contributed by atoms with van der Waals surface area (Å²) in [5.41, 5.74) is 3.51. The molecule has 1 saturated heterocycles. The van der Waals surface area contributed by atoms with Gasteiger partial charge in [0.2, 0.25) is 0 Å². The van der Waals surface area contributed by atoms with Crippen molar-refractivity contribution in [3.8, 4) is 0 Å².